The molecule has 0 saturated carbocycles. The summed E-state index contributed by atoms with van der Waals surface area (Å²) in [5.41, 5.74) is 5.89. The summed E-state index contributed by atoms with van der Waals surface area (Å²) in [6.45, 7) is 2.61. The monoisotopic (exact) mass is 540 g/mol. The second kappa shape index (κ2) is 11.3. The topological polar surface area (TPSA) is 114 Å². The first-order valence-corrected chi connectivity index (χ1v) is 12.7. The molecule has 2 heterocycles. The van der Waals surface area contributed by atoms with Gasteiger partial charge < -0.3 is 19.5 Å². The number of phenolic OH excluding ortho intramolecular Hbond substituents is 1. The van der Waals surface area contributed by atoms with Crippen molar-refractivity contribution in [3.8, 4) is 11.8 Å². The Kier molecular flexibility index (Phi) is 7.48. The van der Waals surface area contributed by atoms with Crippen LogP contribution in [0.5, 0.6) is 5.75 Å². The number of fused-ring (bicyclic) bond motifs is 1. The van der Waals surface area contributed by atoms with Gasteiger partial charge in [-0.05, 0) is 36.4 Å². The molecule has 3 aromatic carbocycles. The first-order chi connectivity index (χ1) is 18.9. The molecule has 4 aromatic rings. The zero-order valence-corrected chi connectivity index (χ0v) is 21.7. The first-order valence-electron chi connectivity index (χ1n) is 12.4. The number of hydrazone groups is 1. The van der Waals surface area contributed by atoms with Crippen LogP contribution in [0.2, 0.25) is 5.02 Å². The number of halogens is 1. The van der Waals surface area contributed by atoms with E-state index in [4.69, 9.17) is 11.6 Å². The van der Waals surface area contributed by atoms with E-state index in [0.717, 1.165) is 22.2 Å². The molecule has 10 heteroatoms. The summed E-state index contributed by atoms with van der Waals surface area (Å²) in [4.78, 5) is 29.6. The Hall–Kier alpha value is -4.81. The van der Waals surface area contributed by atoms with Crippen LogP contribution < -0.4 is 10.3 Å². The second-order valence-corrected chi connectivity index (χ2v) is 9.50. The van der Waals surface area contributed by atoms with E-state index in [0.29, 0.717) is 31.7 Å². The fraction of sp³-hybridized carbons (Fsp3) is 0.172. The van der Waals surface area contributed by atoms with Gasteiger partial charge in [0.15, 0.2) is 0 Å². The molecular formula is C29H25ClN6O3. The highest BCUT2D eigenvalue weighted by atomic mass is 35.5. The van der Waals surface area contributed by atoms with Gasteiger partial charge in [0.2, 0.25) is 5.91 Å². The number of amides is 2. The number of benzene rings is 3. The number of nitrogens with zero attached hydrogens (tertiary/aromatic N) is 5. The van der Waals surface area contributed by atoms with E-state index in [-0.39, 0.29) is 28.8 Å². The number of rotatable bonds is 6. The van der Waals surface area contributed by atoms with Crippen molar-refractivity contribution in [1.82, 2.24) is 14.9 Å². The van der Waals surface area contributed by atoms with Crippen molar-refractivity contribution in [1.29, 1.82) is 5.26 Å². The first kappa shape index (κ1) is 25.8. The zero-order chi connectivity index (χ0) is 27.4. The Morgan fingerprint density at radius 1 is 1.05 bits per heavy atom. The molecule has 2 amide bonds. The van der Waals surface area contributed by atoms with Crippen LogP contribution in [0.4, 0.5) is 5.69 Å². The third kappa shape index (κ3) is 5.56. The van der Waals surface area contributed by atoms with Crippen LogP contribution in [0.1, 0.15) is 21.5 Å². The standard InChI is InChI=1S/C29H25ClN6O3/c30-24-15-20(9-10-27(24)37)29(39)33-32-17-22-18-36(26-8-4-2-6-23(22)26)19-28(38)35-13-11-34(12-14-35)25-7-3-1-5-21(25)16-31/h1-10,15,17-18,37H,11-14,19H2,(H,33,39). The van der Waals surface area contributed by atoms with Gasteiger partial charge in [0.05, 0.1) is 22.5 Å². The number of anilines is 1. The highest BCUT2D eigenvalue weighted by Gasteiger charge is 2.23. The smallest absolute Gasteiger partial charge is 0.271 e. The van der Waals surface area contributed by atoms with Crippen LogP contribution in [0.25, 0.3) is 10.9 Å². The lowest BCUT2D eigenvalue weighted by atomic mass is 10.1. The van der Waals surface area contributed by atoms with Crippen molar-refractivity contribution in [3.63, 3.8) is 0 Å². The number of para-hydroxylation sites is 2. The SMILES string of the molecule is N#Cc1ccccc1N1CCN(C(=O)Cn2cc(C=NNC(=O)c3ccc(O)c(Cl)c3)c3ccccc32)CC1. The average Bonchev–Trinajstić information content (AvgIpc) is 3.31. The van der Waals surface area contributed by atoms with Crippen molar-refractivity contribution in [2.24, 2.45) is 5.10 Å². The molecule has 1 saturated heterocycles. The summed E-state index contributed by atoms with van der Waals surface area (Å²) < 4.78 is 1.89. The molecule has 0 radical (unpaired) electrons. The Morgan fingerprint density at radius 3 is 2.56 bits per heavy atom. The summed E-state index contributed by atoms with van der Waals surface area (Å²) >= 11 is 5.88. The van der Waals surface area contributed by atoms with Crippen LogP contribution in [0.3, 0.4) is 0 Å². The summed E-state index contributed by atoms with van der Waals surface area (Å²) in [5, 5.41) is 24.0. The number of phenols is 1. The summed E-state index contributed by atoms with van der Waals surface area (Å²) in [7, 11) is 0. The lowest BCUT2D eigenvalue weighted by Gasteiger charge is -2.36. The minimum absolute atomic E-state index is 0.00460. The number of piperazine rings is 1. The molecule has 196 valence electrons. The van der Waals surface area contributed by atoms with E-state index in [1.165, 1.54) is 24.4 Å². The maximum atomic E-state index is 13.2. The van der Waals surface area contributed by atoms with Gasteiger partial charge in [0.25, 0.3) is 5.91 Å². The Morgan fingerprint density at radius 2 is 1.79 bits per heavy atom. The molecule has 5 rings (SSSR count). The molecule has 1 aliphatic rings. The van der Waals surface area contributed by atoms with Crippen molar-refractivity contribution >= 4 is 46.2 Å². The molecule has 0 spiro atoms. The highest BCUT2D eigenvalue weighted by Crippen LogP contribution is 2.24. The number of nitrogens with one attached hydrogen (secondary N) is 1. The molecule has 0 unspecified atom stereocenters. The van der Waals surface area contributed by atoms with Crippen LogP contribution in [-0.2, 0) is 11.3 Å². The molecule has 9 nitrogen and oxygen atoms in total. The molecule has 1 fully saturated rings. The average molecular weight is 541 g/mol. The van der Waals surface area contributed by atoms with Gasteiger partial charge in [-0.25, -0.2) is 5.43 Å². The van der Waals surface area contributed by atoms with Gasteiger partial charge in [-0.15, -0.1) is 0 Å². The third-order valence-electron chi connectivity index (χ3n) is 6.70. The van der Waals surface area contributed by atoms with Gasteiger partial charge in [0.1, 0.15) is 18.4 Å². The maximum Gasteiger partial charge on any atom is 0.271 e. The molecule has 1 aromatic heterocycles. The van der Waals surface area contributed by atoms with Gasteiger partial charge in [-0.1, -0.05) is 41.9 Å². The van der Waals surface area contributed by atoms with Crippen LogP contribution in [0, 0.1) is 11.3 Å². The number of aromatic hydroxyl groups is 1. The predicted molar refractivity (Wildman–Crippen MR) is 150 cm³/mol. The van der Waals surface area contributed by atoms with Crippen LogP contribution in [0.15, 0.2) is 78.0 Å². The van der Waals surface area contributed by atoms with Crippen molar-refractivity contribution in [3.05, 3.63) is 94.6 Å². The van der Waals surface area contributed by atoms with Gasteiger partial charge in [-0.3, -0.25) is 9.59 Å². The van der Waals surface area contributed by atoms with Crippen LogP contribution >= 0.6 is 11.6 Å². The quantitative estimate of drug-likeness (QED) is 0.283. The number of carbonyl (C=O) groups is 2. The number of hydrogen-bond acceptors (Lipinski definition) is 6. The Bertz CT molecular complexity index is 1620. The normalized spacial score (nSPS) is 13.5. The highest BCUT2D eigenvalue weighted by molar-refractivity contribution is 6.32. The molecule has 0 bridgehead atoms. The molecule has 39 heavy (non-hydrogen) atoms. The van der Waals surface area contributed by atoms with E-state index < -0.39 is 5.91 Å². The molecule has 1 aliphatic heterocycles. The maximum absolute atomic E-state index is 13.2. The van der Waals surface area contributed by atoms with E-state index in [1.54, 1.807) is 6.07 Å². The Labute approximate surface area is 230 Å². The largest absolute Gasteiger partial charge is 0.506 e. The predicted octanol–water partition coefficient (Wildman–Crippen LogP) is 3.98. The fourth-order valence-corrected chi connectivity index (χ4v) is 4.85. The Balaban J connectivity index is 1.25. The minimum atomic E-state index is -0.469. The zero-order valence-electron chi connectivity index (χ0n) is 20.9. The van der Waals surface area contributed by atoms with E-state index in [1.807, 2.05) is 58.1 Å². The fourth-order valence-electron chi connectivity index (χ4n) is 4.67. The summed E-state index contributed by atoms with van der Waals surface area (Å²) in [6, 6.07) is 21.6. The molecule has 0 aliphatic carbocycles. The molecule has 2 N–H and O–H groups in total. The number of carbonyl (C=O) groups excluding carboxylic acids is 2. The summed E-state index contributed by atoms with van der Waals surface area (Å²) in [5.74, 6) is -0.571. The van der Waals surface area contributed by atoms with E-state index in [2.05, 4.69) is 21.5 Å². The number of nitriles is 1. The van der Waals surface area contributed by atoms with Gasteiger partial charge >= 0.3 is 0 Å². The molecular weight excluding hydrogens is 516 g/mol. The van der Waals surface area contributed by atoms with Crippen molar-refractivity contribution in [2.45, 2.75) is 6.54 Å². The third-order valence-corrected chi connectivity index (χ3v) is 7.00. The van der Waals surface area contributed by atoms with Crippen LogP contribution in [-0.4, -0.2) is 58.8 Å². The number of aromatic nitrogens is 1. The van der Waals surface area contributed by atoms with Crippen molar-refractivity contribution < 1.29 is 14.7 Å². The number of hydrogen-bond donors (Lipinski definition) is 2. The summed E-state index contributed by atoms with van der Waals surface area (Å²) in [6.07, 6.45) is 3.38. The van der Waals surface area contributed by atoms with E-state index in [9.17, 15) is 20.0 Å². The lowest BCUT2D eigenvalue weighted by Crippen LogP contribution is -2.49. The second-order valence-electron chi connectivity index (χ2n) is 9.09. The van der Waals surface area contributed by atoms with Crippen molar-refractivity contribution in [2.75, 3.05) is 31.1 Å². The van der Waals surface area contributed by atoms with Gasteiger partial charge in [0, 0.05) is 54.4 Å². The minimum Gasteiger partial charge on any atom is -0.506 e. The van der Waals surface area contributed by atoms with Gasteiger partial charge in [-0.2, -0.15) is 10.4 Å². The molecule has 0 atom stereocenters. The lowest BCUT2D eigenvalue weighted by molar-refractivity contribution is -0.132. The van der Waals surface area contributed by atoms with E-state index >= 15 is 0 Å².